The molecule has 164 valence electrons. The minimum Gasteiger partial charge on any atom is -0.450 e. The maximum absolute atomic E-state index is 13.1. The van der Waals surface area contributed by atoms with E-state index in [4.69, 9.17) is 33.0 Å². The van der Waals surface area contributed by atoms with E-state index in [2.05, 4.69) is 10.1 Å². The molecule has 2 N–H and O–H groups in total. The largest absolute Gasteiger partial charge is 0.505 e. The SMILES string of the molecule is CC(OC(COC(=O)O)NC(=O)C(Cl)Cl)C(CCF)c1ccc(S(C)(=O)=O)cc1. The molecule has 0 aliphatic rings. The van der Waals surface area contributed by atoms with E-state index in [-0.39, 0.29) is 11.3 Å². The maximum Gasteiger partial charge on any atom is 0.505 e. The molecule has 29 heavy (non-hydrogen) atoms. The van der Waals surface area contributed by atoms with Crippen molar-refractivity contribution in [1.82, 2.24) is 5.32 Å². The lowest BCUT2D eigenvalue weighted by Gasteiger charge is -2.29. The molecule has 1 aromatic rings. The van der Waals surface area contributed by atoms with Gasteiger partial charge in [0.2, 0.25) is 0 Å². The number of nitrogens with one attached hydrogen (secondary N) is 1. The van der Waals surface area contributed by atoms with Gasteiger partial charge >= 0.3 is 6.16 Å². The third-order valence-corrected chi connectivity index (χ3v) is 5.49. The molecule has 0 spiro atoms. The van der Waals surface area contributed by atoms with Gasteiger partial charge in [-0.3, -0.25) is 9.18 Å². The molecule has 0 saturated heterocycles. The molecule has 0 heterocycles. The molecule has 3 unspecified atom stereocenters. The number of rotatable bonds is 11. The Morgan fingerprint density at radius 2 is 1.83 bits per heavy atom. The Kier molecular flexibility index (Phi) is 10.1. The molecule has 0 radical (unpaired) electrons. The number of benzene rings is 1. The fourth-order valence-corrected chi connectivity index (χ4v) is 3.35. The van der Waals surface area contributed by atoms with Crippen LogP contribution in [0.5, 0.6) is 0 Å². The van der Waals surface area contributed by atoms with Crippen molar-refractivity contribution in [2.75, 3.05) is 19.5 Å². The summed E-state index contributed by atoms with van der Waals surface area (Å²) < 4.78 is 46.4. The van der Waals surface area contributed by atoms with Gasteiger partial charge in [-0.05, 0) is 31.0 Å². The van der Waals surface area contributed by atoms with Crippen LogP contribution in [0.15, 0.2) is 29.2 Å². The average molecular weight is 474 g/mol. The monoisotopic (exact) mass is 473 g/mol. The van der Waals surface area contributed by atoms with E-state index in [9.17, 15) is 22.4 Å². The van der Waals surface area contributed by atoms with E-state index in [1.807, 2.05) is 0 Å². The first kappa shape index (κ1) is 25.4. The van der Waals surface area contributed by atoms with Gasteiger partial charge in [-0.1, -0.05) is 35.3 Å². The zero-order valence-corrected chi connectivity index (χ0v) is 18.0. The van der Waals surface area contributed by atoms with Crippen LogP contribution >= 0.6 is 23.2 Å². The number of hydrogen-bond donors (Lipinski definition) is 2. The van der Waals surface area contributed by atoms with Crippen molar-refractivity contribution in [1.29, 1.82) is 0 Å². The molecule has 0 aliphatic heterocycles. The Morgan fingerprint density at radius 3 is 2.28 bits per heavy atom. The number of hydrogen-bond acceptors (Lipinski definition) is 6. The van der Waals surface area contributed by atoms with E-state index in [0.717, 1.165) is 6.26 Å². The highest BCUT2D eigenvalue weighted by Gasteiger charge is 2.26. The van der Waals surface area contributed by atoms with Gasteiger partial charge in [-0.15, -0.1) is 0 Å². The van der Waals surface area contributed by atoms with Crippen molar-refractivity contribution in [2.24, 2.45) is 0 Å². The van der Waals surface area contributed by atoms with Crippen LogP contribution in [0.1, 0.15) is 24.8 Å². The van der Waals surface area contributed by atoms with E-state index < -0.39 is 58.3 Å². The molecular weight excluding hydrogens is 452 g/mol. The molecule has 0 bridgehead atoms. The lowest BCUT2D eigenvalue weighted by Crippen LogP contribution is -2.45. The molecule has 3 atom stereocenters. The summed E-state index contributed by atoms with van der Waals surface area (Å²) >= 11 is 10.9. The van der Waals surface area contributed by atoms with Crippen LogP contribution in [-0.4, -0.2) is 62.3 Å². The number of alkyl halides is 3. The molecule has 0 saturated carbocycles. The van der Waals surface area contributed by atoms with Crippen LogP contribution < -0.4 is 5.32 Å². The summed E-state index contributed by atoms with van der Waals surface area (Å²) in [6, 6.07) is 5.90. The number of amides is 1. The standard InChI is InChI=1S/C17H22Cl2FNO7S/c1-10(28-14(9-27-17(23)24)21-16(22)15(18)19)13(7-8-20)11-3-5-12(6-4-11)29(2,25)26/h3-6,10,13-15H,7-9H2,1-2H3,(H,21,22)(H,23,24). The van der Waals surface area contributed by atoms with Gasteiger partial charge in [0.1, 0.15) is 6.61 Å². The summed E-state index contributed by atoms with van der Waals surface area (Å²) in [6.45, 7) is 0.380. The molecule has 1 aromatic carbocycles. The highest BCUT2D eigenvalue weighted by Crippen LogP contribution is 2.27. The summed E-state index contributed by atoms with van der Waals surface area (Å²) in [5, 5.41) is 11.0. The zero-order chi connectivity index (χ0) is 22.2. The number of sulfone groups is 1. The van der Waals surface area contributed by atoms with Gasteiger partial charge in [-0.2, -0.15) is 0 Å². The van der Waals surface area contributed by atoms with Gasteiger partial charge in [0.25, 0.3) is 5.91 Å². The summed E-state index contributed by atoms with van der Waals surface area (Å²) in [5.74, 6) is -1.33. The Bertz CT molecular complexity index is 789. The Hall–Kier alpha value is -1.62. The first-order valence-corrected chi connectivity index (χ1v) is 11.2. The number of carboxylic acid groups (broad SMARTS) is 1. The summed E-state index contributed by atoms with van der Waals surface area (Å²) in [5.41, 5.74) is 0.611. The maximum atomic E-state index is 13.1. The van der Waals surface area contributed by atoms with E-state index in [0.29, 0.717) is 5.56 Å². The molecular formula is C17H22Cl2FNO7S. The minimum atomic E-state index is -3.38. The average Bonchev–Trinajstić information content (AvgIpc) is 2.63. The van der Waals surface area contributed by atoms with Crippen molar-refractivity contribution in [3.05, 3.63) is 29.8 Å². The molecule has 0 aromatic heterocycles. The molecule has 0 fully saturated rings. The van der Waals surface area contributed by atoms with Crippen LogP contribution in [0.3, 0.4) is 0 Å². The van der Waals surface area contributed by atoms with Crippen LogP contribution in [0.25, 0.3) is 0 Å². The van der Waals surface area contributed by atoms with Gasteiger partial charge in [0.05, 0.1) is 17.7 Å². The topological polar surface area (TPSA) is 119 Å². The third-order valence-electron chi connectivity index (χ3n) is 3.96. The van der Waals surface area contributed by atoms with E-state index >= 15 is 0 Å². The fourth-order valence-electron chi connectivity index (χ4n) is 2.59. The van der Waals surface area contributed by atoms with Crippen LogP contribution in [-0.2, 0) is 24.1 Å². The van der Waals surface area contributed by atoms with Crippen LogP contribution in [0.4, 0.5) is 9.18 Å². The van der Waals surface area contributed by atoms with Crippen molar-refractivity contribution in [3.8, 4) is 0 Å². The Balaban J connectivity index is 3.00. The Labute approximate surface area is 178 Å². The summed E-state index contributed by atoms with van der Waals surface area (Å²) in [4.78, 5) is 21.0. The molecule has 1 rings (SSSR count). The number of carbonyl (C=O) groups is 2. The van der Waals surface area contributed by atoms with Crippen molar-refractivity contribution in [2.45, 2.75) is 41.3 Å². The van der Waals surface area contributed by atoms with Gasteiger partial charge in [-0.25, -0.2) is 13.2 Å². The molecule has 8 nitrogen and oxygen atoms in total. The first-order chi connectivity index (χ1) is 13.5. The third kappa shape index (κ3) is 8.73. The lowest BCUT2D eigenvalue weighted by molar-refractivity contribution is -0.129. The van der Waals surface area contributed by atoms with Gasteiger partial charge < -0.3 is 19.9 Å². The van der Waals surface area contributed by atoms with Crippen LogP contribution in [0.2, 0.25) is 0 Å². The van der Waals surface area contributed by atoms with Gasteiger partial charge in [0, 0.05) is 12.2 Å². The number of ether oxygens (including phenoxy) is 2. The lowest BCUT2D eigenvalue weighted by atomic mass is 9.91. The number of carbonyl (C=O) groups excluding carboxylic acids is 1. The summed E-state index contributed by atoms with van der Waals surface area (Å²) in [6.07, 6.45) is -2.38. The molecule has 1 amide bonds. The van der Waals surface area contributed by atoms with E-state index in [1.54, 1.807) is 19.1 Å². The second-order valence-corrected chi connectivity index (χ2v) is 9.25. The van der Waals surface area contributed by atoms with Crippen molar-refractivity contribution < 1.29 is 37.0 Å². The van der Waals surface area contributed by atoms with Crippen molar-refractivity contribution in [3.63, 3.8) is 0 Å². The van der Waals surface area contributed by atoms with E-state index in [1.165, 1.54) is 12.1 Å². The molecule has 0 aliphatic carbocycles. The number of halogens is 3. The Morgan fingerprint density at radius 1 is 1.24 bits per heavy atom. The predicted molar refractivity (Wildman–Crippen MR) is 105 cm³/mol. The fraction of sp³-hybridized carbons (Fsp3) is 0.529. The predicted octanol–water partition coefficient (Wildman–Crippen LogP) is 2.88. The quantitative estimate of drug-likeness (QED) is 0.288. The second kappa shape index (κ2) is 11.5. The summed E-state index contributed by atoms with van der Waals surface area (Å²) in [7, 11) is -3.38. The van der Waals surface area contributed by atoms with Gasteiger partial charge in [0.15, 0.2) is 20.9 Å². The van der Waals surface area contributed by atoms with Crippen molar-refractivity contribution >= 4 is 45.1 Å². The highest BCUT2D eigenvalue weighted by molar-refractivity contribution is 7.90. The highest BCUT2D eigenvalue weighted by atomic mass is 35.5. The smallest absolute Gasteiger partial charge is 0.450 e. The zero-order valence-electron chi connectivity index (χ0n) is 15.7. The van der Waals surface area contributed by atoms with Crippen LogP contribution in [0, 0.1) is 0 Å². The second-order valence-electron chi connectivity index (χ2n) is 6.14. The normalized spacial score (nSPS) is 14.8. The first-order valence-electron chi connectivity index (χ1n) is 8.41. The molecule has 12 heteroatoms. The minimum absolute atomic E-state index is 0.0491.